The summed E-state index contributed by atoms with van der Waals surface area (Å²) in [6.07, 6.45) is 9.03. The van der Waals surface area contributed by atoms with E-state index in [2.05, 4.69) is 56.2 Å². The number of carbonyl (C=O) groups excluding carboxylic acids is 1. The molecule has 38 heavy (non-hydrogen) atoms. The number of methoxy groups -OCH3 is 1. The summed E-state index contributed by atoms with van der Waals surface area (Å²) < 4.78 is 7.46. The van der Waals surface area contributed by atoms with Crippen LogP contribution in [0.2, 0.25) is 0 Å². The molecule has 0 radical (unpaired) electrons. The van der Waals surface area contributed by atoms with E-state index in [0.717, 1.165) is 68.9 Å². The van der Waals surface area contributed by atoms with Crippen LogP contribution < -0.4 is 10.1 Å². The Morgan fingerprint density at radius 3 is 2.50 bits per heavy atom. The predicted octanol–water partition coefficient (Wildman–Crippen LogP) is 5.45. The fourth-order valence-electron chi connectivity index (χ4n) is 5.99. The summed E-state index contributed by atoms with van der Waals surface area (Å²) in [5.41, 5.74) is 5.96. The minimum absolute atomic E-state index is 0.0910. The second-order valence-corrected chi connectivity index (χ2v) is 11.1. The average molecular weight is 514 g/mol. The van der Waals surface area contributed by atoms with Gasteiger partial charge in [0.05, 0.1) is 30.7 Å². The third-order valence-corrected chi connectivity index (χ3v) is 8.29. The summed E-state index contributed by atoms with van der Waals surface area (Å²) in [7, 11) is 1.70. The van der Waals surface area contributed by atoms with Gasteiger partial charge in [-0.1, -0.05) is 49.6 Å². The molecule has 2 amide bonds. The number of carbonyl (C=O) groups is 1. The number of urea groups is 1. The molecule has 0 unspecified atom stereocenters. The quantitative estimate of drug-likeness (QED) is 0.435. The van der Waals surface area contributed by atoms with E-state index in [4.69, 9.17) is 9.84 Å². The van der Waals surface area contributed by atoms with Crippen LogP contribution in [0.25, 0.3) is 5.69 Å². The minimum Gasteiger partial charge on any atom is -0.497 e. The first-order chi connectivity index (χ1) is 18.7. The van der Waals surface area contributed by atoms with E-state index < -0.39 is 0 Å². The predicted molar refractivity (Wildman–Crippen MR) is 148 cm³/mol. The molecule has 2 saturated carbocycles. The average Bonchev–Trinajstić information content (AvgIpc) is 3.74. The van der Waals surface area contributed by atoms with Crippen molar-refractivity contribution in [1.82, 2.24) is 24.9 Å². The van der Waals surface area contributed by atoms with Gasteiger partial charge in [-0.25, -0.2) is 9.48 Å². The number of nitrogens with zero attached hydrogens (tertiary/aromatic N) is 4. The SMILES string of the molecule is COc1ccc(CN2CCc3c(c(CN(C(=O)NC4CCCCC4)C4CC4)nn3-c3ccccc3)C2)cc1. The topological polar surface area (TPSA) is 62.6 Å². The van der Waals surface area contributed by atoms with Gasteiger partial charge in [0.1, 0.15) is 5.75 Å². The highest BCUT2D eigenvalue weighted by atomic mass is 16.5. The summed E-state index contributed by atoms with van der Waals surface area (Å²) in [4.78, 5) is 18.0. The van der Waals surface area contributed by atoms with Gasteiger partial charge in [-0.05, 0) is 55.5 Å². The molecule has 6 rings (SSSR count). The number of fused-ring (bicyclic) bond motifs is 1. The number of nitrogens with one attached hydrogen (secondary N) is 1. The zero-order valence-electron chi connectivity index (χ0n) is 22.4. The molecule has 7 heteroatoms. The van der Waals surface area contributed by atoms with Crippen molar-refractivity contribution in [2.24, 2.45) is 0 Å². The smallest absolute Gasteiger partial charge is 0.318 e. The van der Waals surface area contributed by atoms with Crippen LogP contribution in [0.4, 0.5) is 4.79 Å². The number of hydrogen-bond acceptors (Lipinski definition) is 4. The van der Waals surface area contributed by atoms with Gasteiger partial charge in [0.25, 0.3) is 0 Å². The van der Waals surface area contributed by atoms with Gasteiger partial charge in [-0.15, -0.1) is 0 Å². The van der Waals surface area contributed by atoms with Crippen LogP contribution in [0.1, 0.15) is 67.5 Å². The second-order valence-electron chi connectivity index (χ2n) is 11.1. The van der Waals surface area contributed by atoms with E-state index in [9.17, 15) is 4.79 Å². The number of benzene rings is 2. The summed E-state index contributed by atoms with van der Waals surface area (Å²) in [6, 6.07) is 19.5. The fourth-order valence-corrected chi connectivity index (χ4v) is 5.99. The highest BCUT2D eigenvalue weighted by molar-refractivity contribution is 5.75. The summed E-state index contributed by atoms with van der Waals surface area (Å²) in [6.45, 7) is 3.27. The Bertz CT molecular complexity index is 1230. The molecule has 1 aliphatic heterocycles. The van der Waals surface area contributed by atoms with Crippen molar-refractivity contribution in [3.05, 3.63) is 77.1 Å². The Labute approximate surface area is 225 Å². The normalized spacial score (nSPS) is 18.1. The molecular weight excluding hydrogens is 474 g/mol. The Kier molecular flexibility index (Phi) is 7.36. The van der Waals surface area contributed by atoms with Crippen molar-refractivity contribution in [1.29, 1.82) is 0 Å². The molecule has 1 N–H and O–H groups in total. The van der Waals surface area contributed by atoms with Gasteiger partial charge in [-0.3, -0.25) is 4.90 Å². The van der Waals surface area contributed by atoms with Crippen molar-refractivity contribution in [3.63, 3.8) is 0 Å². The Hall–Kier alpha value is -3.32. The van der Waals surface area contributed by atoms with E-state index >= 15 is 0 Å². The lowest BCUT2D eigenvalue weighted by Gasteiger charge is -2.30. The Balaban J connectivity index is 1.25. The van der Waals surface area contributed by atoms with Gasteiger partial charge in [-0.2, -0.15) is 5.10 Å². The summed E-state index contributed by atoms with van der Waals surface area (Å²) >= 11 is 0. The van der Waals surface area contributed by atoms with E-state index in [1.54, 1.807) is 7.11 Å². The molecule has 2 aromatic carbocycles. The zero-order valence-corrected chi connectivity index (χ0v) is 22.4. The molecule has 2 heterocycles. The largest absolute Gasteiger partial charge is 0.497 e. The lowest BCUT2D eigenvalue weighted by Crippen LogP contribution is -2.46. The van der Waals surface area contributed by atoms with Crippen molar-refractivity contribution in [3.8, 4) is 11.4 Å². The highest BCUT2D eigenvalue weighted by Gasteiger charge is 2.36. The molecule has 200 valence electrons. The first kappa shape index (κ1) is 25.0. The van der Waals surface area contributed by atoms with Crippen molar-refractivity contribution < 1.29 is 9.53 Å². The van der Waals surface area contributed by atoms with Crippen LogP contribution in [0.15, 0.2) is 54.6 Å². The fraction of sp³-hybridized carbons (Fsp3) is 0.484. The number of hydrogen-bond donors (Lipinski definition) is 1. The van der Waals surface area contributed by atoms with E-state index in [1.165, 1.54) is 36.1 Å². The van der Waals surface area contributed by atoms with Crippen molar-refractivity contribution in [2.45, 2.75) is 83.1 Å². The van der Waals surface area contributed by atoms with E-state index in [1.807, 2.05) is 18.2 Å². The first-order valence-corrected chi connectivity index (χ1v) is 14.3. The molecule has 2 aliphatic carbocycles. The van der Waals surface area contributed by atoms with E-state index in [-0.39, 0.29) is 6.03 Å². The summed E-state index contributed by atoms with van der Waals surface area (Å²) in [5.74, 6) is 0.882. The van der Waals surface area contributed by atoms with Gasteiger partial charge >= 0.3 is 6.03 Å². The molecule has 0 spiro atoms. The van der Waals surface area contributed by atoms with Crippen LogP contribution in [0.5, 0.6) is 5.75 Å². The standard InChI is InChI=1S/C31H39N5O2/c1-38-27-16-12-23(13-17-27)20-34-19-18-30-28(21-34)29(33-36(30)26-10-6-3-7-11-26)22-35(25-14-15-25)31(37)32-24-8-4-2-5-9-24/h3,6-7,10-13,16-17,24-25H,2,4-5,8-9,14-15,18-22H2,1H3,(H,32,37). The van der Waals surface area contributed by atoms with Gasteiger partial charge < -0.3 is 15.0 Å². The van der Waals surface area contributed by atoms with Crippen molar-refractivity contribution >= 4 is 6.03 Å². The maximum absolute atomic E-state index is 13.5. The maximum Gasteiger partial charge on any atom is 0.318 e. The van der Waals surface area contributed by atoms with Crippen molar-refractivity contribution in [2.75, 3.05) is 13.7 Å². The summed E-state index contributed by atoms with van der Waals surface area (Å²) in [5, 5.41) is 8.52. The second kappa shape index (κ2) is 11.2. The number of ether oxygens (including phenoxy) is 1. The number of amides is 2. The molecule has 7 nitrogen and oxygen atoms in total. The lowest BCUT2D eigenvalue weighted by atomic mass is 9.96. The maximum atomic E-state index is 13.5. The van der Waals surface area contributed by atoms with Crippen LogP contribution in [0, 0.1) is 0 Å². The Morgan fingerprint density at radius 2 is 1.79 bits per heavy atom. The lowest BCUT2D eigenvalue weighted by molar-refractivity contribution is 0.182. The number of para-hydroxylation sites is 1. The first-order valence-electron chi connectivity index (χ1n) is 14.3. The zero-order chi connectivity index (χ0) is 25.9. The molecule has 3 aromatic rings. The van der Waals surface area contributed by atoms with Gasteiger partial charge in [0, 0.05) is 43.7 Å². The molecule has 2 fully saturated rings. The van der Waals surface area contributed by atoms with Gasteiger partial charge in [0.15, 0.2) is 0 Å². The Morgan fingerprint density at radius 1 is 1.03 bits per heavy atom. The third kappa shape index (κ3) is 5.58. The molecule has 0 atom stereocenters. The van der Waals surface area contributed by atoms with Crippen LogP contribution in [-0.2, 0) is 26.1 Å². The van der Waals surface area contributed by atoms with E-state index in [0.29, 0.717) is 18.6 Å². The minimum atomic E-state index is 0.0910. The number of rotatable bonds is 8. The number of aromatic nitrogens is 2. The highest BCUT2D eigenvalue weighted by Crippen LogP contribution is 2.32. The molecule has 0 saturated heterocycles. The van der Waals surface area contributed by atoms with Crippen LogP contribution in [0.3, 0.4) is 0 Å². The van der Waals surface area contributed by atoms with Crippen LogP contribution in [-0.4, -0.2) is 51.3 Å². The molecule has 0 bridgehead atoms. The molecule has 1 aromatic heterocycles. The third-order valence-electron chi connectivity index (χ3n) is 8.29. The molecular formula is C31H39N5O2. The monoisotopic (exact) mass is 513 g/mol. The molecule has 3 aliphatic rings. The van der Waals surface area contributed by atoms with Gasteiger partial charge in [0.2, 0.25) is 0 Å². The van der Waals surface area contributed by atoms with Crippen LogP contribution >= 0.6 is 0 Å².